The Labute approximate surface area is 341 Å². The summed E-state index contributed by atoms with van der Waals surface area (Å²) in [6.45, 7) is 23.0. The van der Waals surface area contributed by atoms with Crippen LogP contribution in [0.2, 0.25) is 0 Å². The maximum absolute atomic E-state index is 14.2. The molecule has 0 saturated carbocycles. The highest BCUT2D eigenvalue weighted by atomic mass is 16.2. The molecule has 6 unspecified atom stereocenters. The first-order chi connectivity index (χ1) is 26.1. The van der Waals surface area contributed by atoms with Crippen LogP contribution in [0, 0.1) is 59.2 Å². The molecule has 0 aliphatic rings. The summed E-state index contributed by atoms with van der Waals surface area (Å²) in [5.41, 5.74) is 0. The highest BCUT2D eigenvalue weighted by Gasteiger charge is 2.34. The van der Waals surface area contributed by atoms with E-state index in [1.165, 1.54) is 20.8 Å². The van der Waals surface area contributed by atoms with Gasteiger partial charge < -0.3 is 9.59 Å². The van der Waals surface area contributed by atoms with Crippen molar-refractivity contribution in [3.8, 4) is 0 Å². The fourth-order valence-electron chi connectivity index (χ4n) is 7.68. The van der Waals surface area contributed by atoms with Crippen LogP contribution in [0.3, 0.4) is 0 Å². The van der Waals surface area contributed by atoms with E-state index < -0.39 is 35.5 Å². The van der Waals surface area contributed by atoms with Crippen molar-refractivity contribution in [1.82, 2.24) is 0 Å². The zero-order valence-corrected chi connectivity index (χ0v) is 37.8. The Morgan fingerprint density at radius 1 is 0.357 bits per heavy atom. The summed E-state index contributed by atoms with van der Waals surface area (Å²) in [7, 11) is 0. The normalized spacial score (nSPS) is 15.1. The Balaban J connectivity index is 6.41. The second-order valence-corrected chi connectivity index (χ2v) is 19.0. The minimum absolute atomic E-state index is 0.0179. The van der Waals surface area contributed by atoms with Gasteiger partial charge in [0.15, 0.2) is 0 Å². The van der Waals surface area contributed by atoms with Gasteiger partial charge in [-0.05, 0) is 83.0 Å². The third-order valence-electron chi connectivity index (χ3n) is 11.4. The molecule has 0 aliphatic carbocycles. The van der Waals surface area contributed by atoms with E-state index >= 15 is 0 Å². The second kappa shape index (κ2) is 28.7. The summed E-state index contributed by atoms with van der Waals surface area (Å²) in [6, 6.07) is 0. The number of ketones is 8. The van der Waals surface area contributed by atoms with E-state index in [4.69, 9.17) is 0 Å². The fourth-order valence-corrected chi connectivity index (χ4v) is 7.68. The summed E-state index contributed by atoms with van der Waals surface area (Å²) in [4.78, 5) is 106. The van der Waals surface area contributed by atoms with Crippen LogP contribution in [0.4, 0.5) is 0 Å². The molecular weight excluding hydrogens is 705 g/mol. The summed E-state index contributed by atoms with van der Waals surface area (Å²) < 4.78 is 0. The Kier molecular flexibility index (Phi) is 27.4. The van der Waals surface area contributed by atoms with Gasteiger partial charge in [0.1, 0.15) is 46.3 Å². The average molecular weight is 787 g/mol. The number of carbonyl (C=O) groups excluding carboxylic acids is 8. The van der Waals surface area contributed by atoms with Crippen molar-refractivity contribution in [3.63, 3.8) is 0 Å². The van der Waals surface area contributed by atoms with Gasteiger partial charge in [0.25, 0.3) is 0 Å². The zero-order valence-electron chi connectivity index (χ0n) is 37.8. The summed E-state index contributed by atoms with van der Waals surface area (Å²) in [6.07, 6.45) is 7.18. The molecule has 0 heterocycles. The minimum atomic E-state index is -0.705. The van der Waals surface area contributed by atoms with Crippen LogP contribution in [0.1, 0.15) is 199 Å². The number of hydrogen-bond donors (Lipinski definition) is 0. The first-order valence-electron chi connectivity index (χ1n) is 22.2. The zero-order chi connectivity index (χ0) is 43.1. The van der Waals surface area contributed by atoms with E-state index in [-0.39, 0.29) is 109 Å². The second-order valence-electron chi connectivity index (χ2n) is 19.0. The molecule has 0 spiro atoms. The van der Waals surface area contributed by atoms with Crippen molar-refractivity contribution in [2.24, 2.45) is 59.2 Å². The van der Waals surface area contributed by atoms with Crippen molar-refractivity contribution in [2.75, 3.05) is 0 Å². The lowest BCUT2D eigenvalue weighted by Crippen LogP contribution is -2.31. The Morgan fingerprint density at radius 2 is 0.696 bits per heavy atom. The molecule has 56 heavy (non-hydrogen) atoms. The van der Waals surface area contributed by atoms with Crippen LogP contribution < -0.4 is 0 Å². The molecule has 0 N–H and O–H groups in total. The largest absolute Gasteiger partial charge is 0.300 e. The van der Waals surface area contributed by atoms with Gasteiger partial charge in [-0.2, -0.15) is 0 Å². The predicted molar refractivity (Wildman–Crippen MR) is 226 cm³/mol. The van der Waals surface area contributed by atoms with Gasteiger partial charge in [-0.1, -0.05) is 94.4 Å². The summed E-state index contributed by atoms with van der Waals surface area (Å²) in [5.74, 6) is -2.88. The number of rotatable bonds is 35. The average Bonchev–Trinajstić information content (AvgIpc) is 3.08. The Morgan fingerprint density at radius 3 is 1.02 bits per heavy atom. The molecule has 0 aromatic heterocycles. The third kappa shape index (κ3) is 24.2. The molecule has 0 radical (unpaired) electrons. The minimum Gasteiger partial charge on any atom is -0.300 e. The van der Waals surface area contributed by atoms with E-state index in [1.807, 2.05) is 20.8 Å². The lowest BCUT2D eigenvalue weighted by Gasteiger charge is -2.25. The van der Waals surface area contributed by atoms with Gasteiger partial charge in [-0.25, -0.2) is 0 Å². The Hall–Kier alpha value is -2.64. The summed E-state index contributed by atoms with van der Waals surface area (Å²) in [5, 5.41) is 0. The van der Waals surface area contributed by atoms with Gasteiger partial charge in [-0.15, -0.1) is 0 Å². The van der Waals surface area contributed by atoms with Gasteiger partial charge in [-0.3, -0.25) is 28.8 Å². The van der Waals surface area contributed by atoms with Crippen LogP contribution in [0.25, 0.3) is 0 Å². The van der Waals surface area contributed by atoms with Crippen LogP contribution in [0.5, 0.6) is 0 Å². The first kappa shape index (κ1) is 53.4. The molecule has 0 amide bonds. The lowest BCUT2D eigenvalue weighted by molar-refractivity contribution is -0.136. The quantitative estimate of drug-likeness (QED) is 0.0619. The highest BCUT2D eigenvalue weighted by Crippen LogP contribution is 2.31. The molecule has 322 valence electrons. The van der Waals surface area contributed by atoms with Crippen molar-refractivity contribution in [3.05, 3.63) is 0 Å². The van der Waals surface area contributed by atoms with Crippen molar-refractivity contribution in [2.45, 2.75) is 199 Å². The van der Waals surface area contributed by atoms with Crippen molar-refractivity contribution >= 4 is 46.3 Å². The summed E-state index contributed by atoms with van der Waals surface area (Å²) >= 11 is 0. The van der Waals surface area contributed by atoms with Crippen molar-refractivity contribution < 1.29 is 38.4 Å². The van der Waals surface area contributed by atoms with Crippen LogP contribution in [-0.2, 0) is 38.4 Å². The monoisotopic (exact) mass is 787 g/mol. The molecule has 0 aromatic carbocycles. The molecule has 0 bridgehead atoms. The molecule has 6 atom stereocenters. The van der Waals surface area contributed by atoms with Gasteiger partial charge >= 0.3 is 0 Å². The first-order valence-corrected chi connectivity index (χ1v) is 22.2. The molecule has 0 fully saturated rings. The maximum atomic E-state index is 14.2. The molecule has 0 aromatic rings. The van der Waals surface area contributed by atoms with E-state index in [0.29, 0.717) is 50.4 Å². The number of hydrogen-bond acceptors (Lipinski definition) is 8. The molecule has 8 heteroatoms. The number of unbranched alkanes of at least 4 members (excludes halogenated alkanes) is 1. The standard InChI is InChI=1S/C48H82O8/c1-13-14-15-39(27-46(54)41(22-18-33(6)7)30-48(56)43(24-34(8)9)25-36(11)50)45(53)28-40(21-17-32(4)5)47(55)29-42(23-19-35(10)49)44(52)26-38(37(12)51)20-16-31(2)3/h31-34,38-43H,13-30H2,1-12H3. The lowest BCUT2D eigenvalue weighted by atomic mass is 9.77. The topological polar surface area (TPSA) is 137 Å². The van der Waals surface area contributed by atoms with Gasteiger partial charge in [0.2, 0.25) is 0 Å². The SMILES string of the molecule is CCCCC(CC(=O)C(CCC(C)C)CC(=O)C(CC(C)=O)CC(C)C)C(=O)CC(CCC(C)C)C(=O)CC(CCC(C)=O)C(=O)CC(CCC(C)C)C(C)=O. The van der Waals surface area contributed by atoms with Gasteiger partial charge in [0, 0.05) is 80.5 Å². The molecule has 0 aliphatic heterocycles. The molecule has 0 rings (SSSR count). The van der Waals surface area contributed by atoms with Gasteiger partial charge in [0.05, 0.1) is 0 Å². The fraction of sp³-hybridized carbons (Fsp3) is 0.833. The smallest absolute Gasteiger partial charge is 0.137 e. The van der Waals surface area contributed by atoms with E-state index in [9.17, 15) is 38.4 Å². The van der Waals surface area contributed by atoms with Crippen molar-refractivity contribution in [1.29, 1.82) is 0 Å². The third-order valence-corrected chi connectivity index (χ3v) is 11.4. The van der Waals surface area contributed by atoms with E-state index in [2.05, 4.69) is 41.5 Å². The predicted octanol–water partition coefficient (Wildman–Crippen LogP) is 11.0. The number of carbonyl (C=O) groups is 8. The maximum Gasteiger partial charge on any atom is 0.137 e. The van der Waals surface area contributed by atoms with E-state index in [1.54, 1.807) is 0 Å². The Bertz CT molecular complexity index is 1260. The van der Waals surface area contributed by atoms with Crippen LogP contribution in [-0.4, -0.2) is 46.3 Å². The van der Waals surface area contributed by atoms with Crippen LogP contribution >= 0.6 is 0 Å². The van der Waals surface area contributed by atoms with Crippen LogP contribution in [0.15, 0.2) is 0 Å². The highest BCUT2D eigenvalue weighted by molar-refractivity contribution is 5.96. The van der Waals surface area contributed by atoms with E-state index in [0.717, 1.165) is 25.7 Å². The number of Topliss-reactive ketones (excluding diaryl/α,β-unsaturated/α-hetero) is 8. The molecular formula is C48H82O8. The molecule has 0 saturated heterocycles. The molecule has 8 nitrogen and oxygen atoms in total.